The Hall–Kier alpha value is -3.53. The maximum Gasteiger partial charge on any atom is 0.230 e. The van der Waals surface area contributed by atoms with Crippen LogP contribution >= 0.6 is 0 Å². The summed E-state index contributed by atoms with van der Waals surface area (Å²) in [7, 11) is 0. The lowest BCUT2D eigenvalue weighted by Gasteiger charge is -2.33. The van der Waals surface area contributed by atoms with Crippen LogP contribution < -0.4 is 10.1 Å². The van der Waals surface area contributed by atoms with Crippen LogP contribution in [0.25, 0.3) is 11.2 Å². The summed E-state index contributed by atoms with van der Waals surface area (Å²) in [6, 6.07) is 3.12. The van der Waals surface area contributed by atoms with E-state index in [2.05, 4.69) is 26.6 Å². The Morgan fingerprint density at radius 1 is 1.27 bits per heavy atom. The van der Waals surface area contributed by atoms with Crippen LogP contribution in [0, 0.1) is 11.7 Å². The van der Waals surface area contributed by atoms with Gasteiger partial charge in [0.25, 0.3) is 0 Å². The average Bonchev–Trinajstić information content (AvgIpc) is 3.47. The van der Waals surface area contributed by atoms with Gasteiger partial charge in [-0.3, -0.25) is 9.20 Å². The van der Waals surface area contributed by atoms with E-state index >= 15 is 0 Å². The third-order valence-corrected chi connectivity index (χ3v) is 6.55. The summed E-state index contributed by atoms with van der Waals surface area (Å²) in [5.74, 6) is 1.17. The summed E-state index contributed by atoms with van der Waals surface area (Å²) in [6.07, 6.45) is 6.84. The molecule has 3 aromatic rings. The number of hydrogen-bond acceptors (Lipinski definition) is 7. The van der Waals surface area contributed by atoms with Gasteiger partial charge in [0.2, 0.25) is 11.9 Å². The predicted octanol–water partition coefficient (Wildman–Crippen LogP) is 2.07. The number of halogens is 1. The van der Waals surface area contributed by atoms with Crippen LogP contribution in [-0.2, 0) is 22.5 Å². The first-order valence-electron chi connectivity index (χ1n) is 11.1. The van der Waals surface area contributed by atoms with Gasteiger partial charge in [-0.1, -0.05) is 6.08 Å². The molecule has 0 atom stereocenters. The monoisotopic (exact) mass is 450 g/mol. The minimum Gasteiger partial charge on any atom is -0.493 e. The summed E-state index contributed by atoms with van der Waals surface area (Å²) in [4.78, 5) is 18.9. The molecule has 6 rings (SSSR count). The van der Waals surface area contributed by atoms with Gasteiger partial charge in [0.05, 0.1) is 25.7 Å². The largest absolute Gasteiger partial charge is 0.493 e. The number of carbonyl (C=O) groups excluding carboxylic acids is 1. The SMILES string of the molecule is O=C(C1COC1)N1CC=C(c2cnc(NCc3c(F)ccc4c3CCO4)n3cnnc23)CC1. The van der Waals surface area contributed by atoms with E-state index in [-0.39, 0.29) is 24.2 Å². The van der Waals surface area contributed by atoms with E-state index in [4.69, 9.17) is 9.47 Å². The quantitative estimate of drug-likeness (QED) is 0.636. The van der Waals surface area contributed by atoms with Crippen LogP contribution in [-0.4, -0.2) is 63.3 Å². The molecule has 1 saturated heterocycles. The molecular weight excluding hydrogens is 427 g/mol. The Kier molecular flexibility index (Phi) is 4.94. The van der Waals surface area contributed by atoms with Gasteiger partial charge < -0.3 is 19.7 Å². The van der Waals surface area contributed by atoms with Crippen molar-refractivity contribution < 1.29 is 18.7 Å². The van der Waals surface area contributed by atoms with Gasteiger partial charge in [-0.15, -0.1) is 10.2 Å². The van der Waals surface area contributed by atoms with Crippen molar-refractivity contribution in [3.05, 3.63) is 53.2 Å². The lowest BCUT2D eigenvalue weighted by molar-refractivity contribution is -0.149. The highest BCUT2D eigenvalue weighted by Crippen LogP contribution is 2.31. The third kappa shape index (κ3) is 3.50. The van der Waals surface area contributed by atoms with Gasteiger partial charge in [0.1, 0.15) is 17.9 Å². The number of amides is 1. The van der Waals surface area contributed by atoms with E-state index in [0.717, 1.165) is 28.9 Å². The topological polar surface area (TPSA) is 93.9 Å². The summed E-state index contributed by atoms with van der Waals surface area (Å²) in [5, 5.41) is 11.6. The van der Waals surface area contributed by atoms with Gasteiger partial charge >= 0.3 is 0 Å². The lowest BCUT2D eigenvalue weighted by atomic mass is 9.99. The Labute approximate surface area is 189 Å². The predicted molar refractivity (Wildman–Crippen MR) is 117 cm³/mol. The first-order valence-corrected chi connectivity index (χ1v) is 11.1. The van der Waals surface area contributed by atoms with E-state index in [1.165, 1.54) is 6.07 Å². The van der Waals surface area contributed by atoms with Crippen molar-refractivity contribution in [2.45, 2.75) is 19.4 Å². The molecule has 0 unspecified atom stereocenters. The molecule has 5 heterocycles. The first-order chi connectivity index (χ1) is 16.2. The zero-order valence-corrected chi connectivity index (χ0v) is 18.0. The van der Waals surface area contributed by atoms with Crippen molar-refractivity contribution >= 4 is 23.1 Å². The zero-order chi connectivity index (χ0) is 22.4. The molecule has 170 valence electrons. The fourth-order valence-electron chi connectivity index (χ4n) is 4.60. The fraction of sp³-hybridized carbons (Fsp3) is 0.391. The van der Waals surface area contributed by atoms with Gasteiger partial charge in [-0.05, 0) is 24.1 Å². The second kappa shape index (κ2) is 8.11. The number of hydrogen-bond donors (Lipinski definition) is 1. The van der Waals surface area contributed by atoms with Crippen molar-refractivity contribution in [3.63, 3.8) is 0 Å². The standard InChI is InChI=1S/C23H23FN6O3/c24-19-1-2-20-16(5-8-33-20)18(19)10-26-23-25-9-17(21-28-27-13-30(21)23)14-3-6-29(7-4-14)22(31)15-11-32-12-15/h1-3,9,13,15H,4-8,10-12H2,(H,25,26). The van der Waals surface area contributed by atoms with Gasteiger partial charge in [-0.25, -0.2) is 9.37 Å². The van der Waals surface area contributed by atoms with Crippen LogP contribution in [0.1, 0.15) is 23.1 Å². The second-order valence-electron chi connectivity index (χ2n) is 8.47. The molecule has 3 aliphatic rings. The molecule has 1 aromatic carbocycles. The summed E-state index contributed by atoms with van der Waals surface area (Å²) in [6.45, 7) is 3.11. The van der Waals surface area contributed by atoms with Crippen LogP contribution in [0.15, 0.2) is 30.7 Å². The molecule has 9 nitrogen and oxygen atoms in total. The van der Waals surface area contributed by atoms with Crippen LogP contribution in [0.3, 0.4) is 0 Å². The van der Waals surface area contributed by atoms with Gasteiger partial charge in [0, 0.05) is 48.9 Å². The summed E-state index contributed by atoms with van der Waals surface area (Å²) < 4.78 is 27.0. The number of carbonyl (C=O) groups is 1. The molecule has 1 amide bonds. The highest BCUT2D eigenvalue weighted by molar-refractivity contribution is 5.82. The van der Waals surface area contributed by atoms with E-state index in [1.54, 1.807) is 23.0 Å². The number of nitrogens with zero attached hydrogens (tertiary/aromatic N) is 5. The van der Waals surface area contributed by atoms with Crippen molar-refractivity contribution in [1.82, 2.24) is 24.5 Å². The van der Waals surface area contributed by atoms with Crippen LogP contribution in [0.4, 0.5) is 10.3 Å². The molecule has 1 N–H and O–H groups in total. The normalized spacial score (nSPS) is 18.0. The minimum absolute atomic E-state index is 0.00239. The van der Waals surface area contributed by atoms with Crippen molar-refractivity contribution in [1.29, 1.82) is 0 Å². The van der Waals surface area contributed by atoms with Crippen LogP contribution in [0.2, 0.25) is 0 Å². The van der Waals surface area contributed by atoms with Gasteiger partial charge in [-0.2, -0.15) is 0 Å². The second-order valence-corrected chi connectivity index (χ2v) is 8.47. The zero-order valence-electron chi connectivity index (χ0n) is 18.0. The Morgan fingerprint density at radius 2 is 2.18 bits per heavy atom. The third-order valence-electron chi connectivity index (χ3n) is 6.55. The fourth-order valence-corrected chi connectivity index (χ4v) is 4.60. The molecule has 0 saturated carbocycles. The molecule has 0 bridgehead atoms. The molecule has 1 fully saturated rings. The van der Waals surface area contributed by atoms with Crippen LogP contribution in [0.5, 0.6) is 5.75 Å². The van der Waals surface area contributed by atoms with E-state index in [0.29, 0.717) is 56.5 Å². The molecular formula is C23H23FN6O3. The van der Waals surface area contributed by atoms with E-state index in [9.17, 15) is 9.18 Å². The number of nitrogens with one attached hydrogen (secondary N) is 1. The highest BCUT2D eigenvalue weighted by Gasteiger charge is 2.31. The number of fused-ring (bicyclic) bond motifs is 2. The number of ether oxygens (including phenoxy) is 2. The minimum atomic E-state index is -0.261. The molecule has 10 heteroatoms. The number of anilines is 1. The Morgan fingerprint density at radius 3 is 2.97 bits per heavy atom. The van der Waals surface area contributed by atoms with Crippen molar-refractivity contribution in [2.24, 2.45) is 5.92 Å². The molecule has 33 heavy (non-hydrogen) atoms. The molecule has 0 aliphatic carbocycles. The summed E-state index contributed by atoms with van der Waals surface area (Å²) in [5.41, 5.74) is 4.14. The Balaban J connectivity index is 1.22. The highest BCUT2D eigenvalue weighted by atomic mass is 19.1. The van der Waals surface area contributed by atoms with Gasteiger partial charge in [0.15, 0.2) is 5.65 Å². The number of benzene rings is 1. The van der Waals surface area contributed by atoms with E-state index in [1.807, 2.05) is 4.90 Å². The van der Waals surface area contributed by atoms with Crippen molar-refractivity contribution in [2.75, 3.05) is 38.2 Å². The molecule has 2 aromatic heterocycles. The van der Waals surface area contributed by atoms with E-state index < -0.39 is 0 Å². The smallest absolute Gasteiger partial charge is 0.230 e. The number of aromatic nitrogens is 4. The Bertz CT molecular complexity index is 1270. The molecule has 0 spiro atoms. The molecule has 0 radical (unpaired) electrons. The maximum atomic E-state index is 14.5. The number of rotatable bonds is 5. The average molecular weight is 450 g/mol. The molecule has 3 aliphatic heterocycles. The maximum absolute atomic E-state index is 14.5. The summed E-state index contributed by atoms with van der Waals surface area (Å²) >= 11 is 0. The lowest BCUT2D eigenvalue weighted by Crippen LogP contribution is -2.46. The first kappa shape index (κ1) is 20.1. The van der Waals surface area contributed by atoms with Crippen molar-refractivity contribution in [3.8, 4) is 5.75 Å².